The molecule has 0 aliphatic carbocycles. The number of carbonyl (C=O) groups excluding carboxylic acids is 4. The molecule has 14 nitrogen and oxygen atoms in total. The summed E-state index contributed by atoms with van der Waals surface area (Å²) >= 11 is 2.80. The van der Waals surface area contributed by atoms with E-state index in [-0.39, 0.29) is 58.6 Å². The van der Waals surface area contributed by atoms with Crippen molar-refractivity contribution in [2.24, 2.45) is 34.6 Å². The topological polar surface area (TPSA) is 256 Å². The van der Waals surface area contributed by atoms with Crippen LogP contribution in [0.4, 0.5) is 22.7 Å². The van der Waals surface area contributed by atoms with Crippen LogP contribution in [-0.4, -0.2) is 73.5 Å². The van der Waals surface area contributed by atoms with E-state index in [2.05, 4.69) is 21.3 Å². The van der Waals surface area contributed by atoms with Crippen LogP contribution in [0.1, 0.15) is 113 Å². The molecule has 3 aromatic rings. The van der Waals surface area contributed by atoms with Gasteiger partial charge in [-0.2, -0.15) is 0 Å². The minimum Gasteiger partial charge on any atom is -0.492 e. The summed E-state index contributed by atoms with van der Waals surface area (Å²) < 4.78 is 5.90. The molecule has 0 saturated carbocycles. The van der Waals surface area contributed by atoms with Crippen molar-refractivity contribution in [3.05, 3.63) is 64.7 Å². The molecule has 3 aromatic carbocycles. The van der Waals surface area contributed by atoms with Gasteiger partial charge in [-0.05, 0) is 83.2 Å². The number of nitrogens with two attached hydrogens (primary N) is 5. The summed E-state index contributed by atoms with van der Waals surface area (Å²) in [5.41, 5.74) is 33.3. The Labute approximate surface area is 370 Å². The van der Waals surface area contributed by atoms with Gasteiger partial charge in [0.15, 0.2) is 0 Å². The highest BCUT2D eigenvalue weighted by Gasteiger charge is 2.26. The zero-order chi connectivity index (χ0) is 45.7. The van der Waals surface area contributed by atoms with Crippen LogP contribution in [0.15, 0.2) is 52.3 Å². The average Bonchev–Trinajstić information content (AvgIpc) is 3.18. The van der Waals surface area contributed by atoms with E-state index in [1.807, 2.05) is 86.6 Å². The molecule has 0 aliphatic rings. The molecule has 0 fully saturated rings. The lowest BCUT2D eigenvalue weighted by Gasteiger charge is -2.25. The van der Waals surface area contributed by atoms with Crippen molar-refractivity contribution in [1.82, 2.24) is 0 Å². The van der Waals surface area contributed by atoms with Crippen molar-refractivity contribution >= 4 is 69.9 Å². The Morgan fingerprint density at radius 2 is 1.03 bits per heavy atom. The minimum atomic E-state index is -0.731. The summed E-state index contributed by atoms with van der Waals surface area (Å²) in [6.07, 6.45) is 1.75. The first-order valence-electron chi connectivity index (χ1n) is 20.9. The third-order valence-electron chi connectivity index (χ3n) is 9.47. The Balaban J connectivity index is 2.17. The number of nitrogens with one attached hydrogen (secondary N) is 4. The number of anilines is 4. The predicted octanol–water partition coefficient (Wildman–Crippen LogP) is 6.60. The van der Waals surface area contributed by atoms with Crippen LogP contribution in [0.2, 0.25) is 0 Å². The van der Waals surface area contributed by atoms with Crippen LogP contribution in [0, 0.1) is 5.92 Å². The van der Waals surface area contributed by atoms with Crippen LogP contribution in [0.5, 0.6) is 5.75 Å². The fourth-order valence-corrected chi connectivity index (χ4v) is 7.85. The van der Waals surface area contributed by atoms with E-state index in [0.29, 0.717) is 70.0 Å². The minimum absolute atomic E-state index is 0.137. The van der Waals surface area contributed by atoms with Crippen molar-refractivity contribution in [3.63, 3.8) is 0 Å². The van der Waals surface area contributed by atoms with Gasteiger partial charge in [0.1, 0.15) is 12.4 Å². The molecule has 0 heterocycles. The molecule has 0 unspecified atom stereocenters. The van der Waals surface area contributed by atoms with E-state index < -0.39 is 23.9 Å². The molecule has 0 aliphatic heterocycles. The van der Waals surface area contributed by atoms with Crippen molar-refractivity contribution in [1.29, 1.82) is 0 Å². The fraction of sp³-hybridized carbons (Fsp3) is 0.511. The quantitative estimate of drug-likeness (QED) is 0.0513. The van der Waals surface area contributed by atoms with Crippen LogP contribution < -0.4 is 54.7 Å². The van der Waals surface area contributed by atoms with Gasteiger partial charge in [0.05, 0.1) is 44.6 Å². The monoisotopic (exact) mass is 879 g/mol. The molecule has 0 radical (unpaired) electrons. The second-order valence-electron chi connectivity index (χ2n) is 17.5. The highest BCUT2D eigenvalue weighted by atomic mass is 32.2. The standard InChI is InChI=1S/C45H69N9O5S2/c1-10-11-32(49)42(57)53-36-24-29(44(4,5)6)22-34(38(36)60-16-13-47)51-40(55)27-19-28(21-31(20-27)59-15-12-46)41(56)52-35-23-30(45(7,8)9)25-37(39(35)61-17-14-48)54-43(58)33(50)18-26(2)3/h19-26,32-33H,10-18,46-50H2,1-9H3,(H,51,55)(H,52,56)(H,53,57)(H,54,58)/t32-,33-/m1/s1. The number of benzene rings is 3. The Kier molecular flexibility index (Phi) is 19.6. The fourth-order valence-electron chi connectivity index (χ4n) is 6.15. The Morgan fingerprint density at radius 1 is 0.623 bits per heavy atom. The maximum Gasteiger partial charge on any atom is 0.255 e. The molecule has 14 N–H and O–H groups in total. The summed E-state index contributed by atoms with van der Waals surface area (Å²) in [4.78, 5) is 56.5. The van der Waals surface area contributed by atoms with E-state index in [0.717, 1.165) is 17.5 Å². The number of hydrogen-bond acceptors (Lipinski definition) is 12. The van der Waals surface area contributed by atoms with Crippen LogP contribution in [-0.2, 0) is 20.4 Å². The molecule has 2 atom stereocenters. The van der Waals surface area contributed by atoms with Gasteiger partial charge in [-0.25, -0.2) is 0 Å². The largest absolute Gasteiger partial charge is 0.492 e. The van der Waals surface area contributed by atoms with E-state index >= 15 is 0 Å². The second-order valence-corrected chi connectivity index (χ2v) is 19.7. The summed E-state index contributed by atoms with van der Waals surface area (Å²) in [6, 6.07) is 10.7. The highest BCUT2D eigenvalue weighted by Crippen LogP contribution is 2.41. The Hall–Kier alpha value is -4.16. The SMILES string of the molecule is CCC[C@@H](N)C(=O)Nc1cc(C(C)(C)C)cc(NC(=O)c2cc(OCCN)cc(C(=O)Nc3cc(C(C)(C)C)cc(NC(=O)[C@H](N)CC(C)C)c3SCCN)c2)c1SCCN. The molecule has 0 aromatic heterocycles. The number of rotatable bonds is 21. The van der Waals surface area contributed by atoms with Crippen molar-refractivity contribution in [3.8, 4) is 5.75 Å². The van der Waals surface area contributed by atoms with Gasteiger partial charge in [0.2, 0.25) is 11.8 Å². The first kappa shape index (κ1) is 51.2. The first-order valence-corrected chi connectivity index (χ1v) is 22.9. The van der Waals surface area contributed by atoms with Gasteiger partial charge in [-0.3, -0.25) is 19.2 Å². The molecule has 61 heavy (non-hydrogen) atoms. The maximum absolute atomic E-state index is 14.4. The maximum atomic E-state index is 14.4. The Morgan fingerprint density at radius 3 is 1.39 bits per heavy atom. The molecular weight excluding hydrogens is 811 g/mol. The smallest absolute Gasteiger partial charge is 0.255 e. The van der Waals surface area contributed by atoms with Gasteiger partial charge in [0.25, 0.3) is 11.8 Å². The molecule has 4 amide bonds. The molecule has 0 bridgehead atoms. The van der Waals surface area contributed by atoms with E-state index in [1.165, 1.54) is 29.6 Å². The third kappa shape index (κ3) is 15.3. The van der Waals surface area contributed by atoms with Crippen LogP contribution in [0.25, 0.3) is 0 Å². The van der Waals surface area contributed by atoms with Gasteiger partial charge in [-0.1, -0.05) is 68.7 Å². The summed E-state index contributed by atoms with van der Waals surface area (Å²) in [7, 11) is 0. The number of thioether (sulfide) groups is 2. The molecule has 336 valence electrons. The van der Waals surface area contributed by atoms with Crippen molar-refractivity contribution in [2.45, 2.75) is 114 Å². The van der Waals surface area contributed by atoms with Crippen LogP contribution >= 0.6 is 23.5 Å². The predicted molar refractivity (Wildman–Crippen MR) is 254 cm³/mol. The van der Waals surface area contributed by atoms with Gasteiger partial charge >= 0.3 is 0 Å². The van der Waals surface area contributed by atoms with Gasteiger partial charge < -0.3 is 54.7 Å². The van der Waals surface area contributed by atoms with E-state index in [1.54, 1.807) is 12.1 Å². The number of hydrogen-bond donors (Lipinski definition) is 9. The summed E-state index contributed by atoms with van der Waals surface area (Å²) in [5, 5.41) is 12.2. The summed E-state index contributed by atoms with van der Waals surface area (Å²) in [5.74, 6) is -0.230. The first-order chi connectivity index (χ1) is 28.6. The molecule has 0 saturated heterocycles. The lowest BCUT2D eigenvalue weighted by Crippen LogP contribution is -2.37. The molecule has 0 spiro atoms. The zero-order valence-corrected chi connectivity index (χ0v) is 39.0. The lowest BCUT2D eigenvalue weighted by atomic mass is 9.86. The van der Waals surface area contributed by atoms with Gasteiger partial charge in [-0.15, -0.1) is 23.5 Å². The Bertz CT molecular complexity index is 2000. The molecular formula is C45H69N9O5S2. The average molecular weight is 880 g/mol. The third-order valence-corrected chi connectivity index (χ3v) is 11.8. The molecule has 16 heteroatoms. The highest BCUT2D eigenvalue weighted by molar-refractivity contribution is 7.99. The number of carbonyl (C=O) groups is 4. The lowest BCUT2D eigenvalue weighted by molar-refractivity contribution is -0.118. The second kappa shape index (κ2) is 23.3. The van der Waals surface area contributed by atoms with Gasteiger partial charge in [0, 0.05) is 42.3 Å². The van der Waals surface area contributed by atoms with Crippen molar-refractivity contribution < 1.29 is 23.9 Å². The molecule has 3 rings (SSSR count). The number of amides is 4. The summed E-state index contributed by atoms with van der Waals surface area (Å²) in [6.45, 7) is 19.2. The van der Waals surface area contributed by atoms with E-state index in [4.69, 9.17) is 33.4 Å². The normalized spacial score (nSPS) is 12.8. The van der Waals surface area contributed by atoms with Crippen molar-refractivity contribution in [2.75, 3.05) is 59.0 Å². The zero-order valence-electron chi connectivity index (χ0n) is 37.4. The number of ether oxygens (including phenoxy) is 1. The van der Waals surface area contributed by atoms with Crippen LogP contribution in [0.3, 0.4) is 0 Å². The van der Waals surface area contributed by atoms with E-state index in [9.17, 15) is 19.2 Å².